The fourth-order valence-corrected chi connectivity index (χ4v) is 9.78. The Morgan fingerprint density at radius 3 is 2.28 bits per heavy atom. The van der Waals surface area contributed by atoms with Crippen LogP contribution in [0.3, 0.4) is 0 Å². The first-order valence-electron chi connectivity index (χ1n) is 20.0. The molecule has 2 fully saturated rings. The van der Waals surface area contributed by atoms with Crippen LogP contribution in [0.25, 0.3) is 0 Å². The minimum atomic E-state index is -1.58. The number of likely N-dealkylation sites (tertiary alicyclic amines) is 1. The smallest absolute Gasteiger partial charge is 0.313 e. The van der Waals surface area contributed by atoms with Gasteiger partial charge in [0.05, 0.1) is 31.2 Å². The summed E-state index contributed by atoms with van der Waals surface area (Å²) in [5.74, 6) is -4.22. The zero-order chi connectivity index (χ0) is 41.0. The predicted octanol–water partition coefficient (Wildman–Crippen LogP) is 5.11. The molecule has 4 aliphatic heterocycles. The highest BCUT2D eigenvalue weighted by Crippen LogP contribution is 2.59. The van der Waals surface area contributed by atoms with Gasteiger partial charge in [-0.3, -0.25) is 19.2 Å². The van der Waals surface area contributed by atoms with E-state index in [4.69, 9.17) is 14.2 Å². The van der Waals surface area contributed by atoms with Crippen LogP contribution in [0.2, 0.25) is 0 Å². The summed E-state index contributed by atoms with van der Waals surface area (Å²) in [7, 11) is 1.51. The Kier molecular flexibility index (Phi) is 12.8. The molecule has 5 bridgehead atoms. The van der Waals surface area contributed by atoms with Crippen LogP contribution in [0.15, 0.2) is 108 Å². The molecule has 58 heavy (non-hydrogen) atoms. The van der Waals surface area contributed by atoms with Crippen molar-refractivity contribution in [2.24, 2.45) is 11.8 Å². The topological polar surface area (TPSA) is 138 Å². The fraction of sp³-hybridized carbons (Fsp3) is 0.422. The predicted molar refractivity (Wildman–Crippen MR) is 223 cm³/mol. The van der Waals surface area contributed by atoms with Crippen molar-refractivity contribution in [2.45, 2.75) is 69.0 Å². The quantitative estimate of drug-likeness (QED) is 0.199. The zero-order valence-corrected chi connectivity index (χ0v) is 34.6. The summed E-state index contributed by atoms with van der Waals surface area (Å²) in [5.41, 5.74) is 1.51. The second kappa shape index (κ2) is 18.0. The number of hydrogen-bond acceptors (Lipinski definition) is 9. The van der Waals surface area contributed by atoms with Crippen LogP contribution in [0.1, 0.15) is 43.9 Å². The lowest BCUT2D eigenvalue weighted by Crippen LogP contribution is -2.59. The summed E-state index contributed by atoms with van der Waals surface area (Å²) in [6.07, 6.45) is 4.33. The molecule has 2 saturated heterocycles. The molecule has 4 aliphatic rings. The van der Waals surface area contributed by atoms with Crippen LogP contribution < -0.4 is 15.1 Å². The van der Waals surface area contributed by atoms with Crippen LogP contribution in [-0.2, 0) is 39.8 Å². The number of halogens is 1. The number of carbonyl (C=O) groups excluding carboxylic acids is 4. The van der Waals surface area contributed by atoms with Crippen LogP contribution in [-0.4, -0.2) is 103 Å². The minimum Gasteiger partial charge on any atom is -0.455 e. The molecule has 4 heterocycles. The van der Waals surface area contributed by atoms with Crippen molar-refractivity contribution >= 4 is 51.0 Å². The van der Waals surface area contributed by atoms with E-state index >= 15 is 9.59 Å². The summed E-state index contributed by atoms with van der Waals surface area (Å²) >= 11 is 3.66. The maximum absolute atomic E-state index is 15.6. The van der Waals surface area contributed by atoms with Gasteiger partial charge in [0.2, 0.25) is 11.8 Å². The summed E-state index contributed by atoms with van der Waals surface area (Å²) in [5, 5.41) is 14.1. The number of anilines is 2. The monoisotopic (exact) mass is 854 g/mol. The van der Waals surface area contributed by atoms with E-state index in [0.29, 0.717) is 22.2 Å². The molecular formula is C45H51BrN4O8. The number of nitrogens with zero attached hydrogens (tertiary/aromatic N) is 3. The molecule has 12 nitrogen and oxygen atoms in total. The van der Waals surface area contributed by atoms with Gasteiger partial charge in [0, 0.05) is 49.0 Å². The molecular weight excluding hydrogens is 804 g/mol. The van der Waals surface area contributed by atoms with E-state index in [-0.39, 0.29) is 31.9 Å². The Morgan fingerprint density at radius 1 is 0.931 bits per heavy atom. The summed E-state index contributed by atoms with van der Waals surface area (Å²) < 4.78 is 19.3. The number of nitrogens with one attached hydrogen (secondary N) is 1. The first kappa shape index (κ1) is 41.3. The Bertz CT molecular complexity index is 2010. The first-order chi connectivity index (χ1) is 28.1. The molecule has 2 N–H and O–H groups in total. The number of carbonyl (C=O) groups is 4. The average molecular weight is 856 g/mol. The number of esters is 1. The number of methoxy groups -OCH3 is 1. The van der Waals surface area contributed by atoms with Crippen molar-refractivity contribution in [1.82, 2.24) is 10.2 Å². The number of benzene rings is 3. The third kappa shape index (κ3) is 7.84. The number of aliphatic hydroxyl groups is 1. The van der Waals surface area contributed by atoms with Crippen molar-refractivity contribution in [1.29, 1.82) is 0 Å². The van der Waals surface area contributed by atoms with Gasteiger partial charge in [0.1, 0.15) is 29.8 Å². The Balaban J connectivity index is 1.37. The van der Waals surface area contributed by atoms with Crippen LogP contribution >= 0.6 is 15.9 Å². The lowest BCUT2D eigenvalue weighted by molar-refractivity contribution is -0.162. The number of rotatable bonds is 11. The van der Waals surface area contributed by atoms with E-state index < -0.39 is 72.2 Å². The van der Waals surface area contributed by atoms with Crippen molar-refractivity contribution in [3.8, 4) is 0 Å². The van der Waals surface area contributed by atoms with Gasteiger partial charge in [-0.05, 0) is 68.2 Å². The van der Waals surface area contributed by atoms with Crippen LogP contribution in [0.5, 0.6) is 0 Å². The van der Waals surface area contributed by atoms with Gasteiger partial charge in [-0.15, -0.1) is 0 Å². The van der Waals surface area contributed by atoms with E-state index in [1.165, 1.54) is 12.0 Å². The Hall–Kier alpha value is -4.82. The normalized spacial score (nSPS) is 28.5. The van der Waals surface area contributed by atoms with Crippen molar-refractivity contribution in [3.63, 3.8) is 0 Å². The molecule has 306 valence electrons. The van der Waals surface area contributed by atoms with Gasteiger partial charge in [-0.25, -0.2) is 0 Å². The highest BCUT2D eigenvalue weighted by molar-refractivity contribution is 9.11. The molecule has 7 rings (SSSR count). The van der Waals surface area contributed by atoms with Gasteiger partial charge < -0.3 is 39.3 Å². The molecule has 8 atom stereocenters. The van der Waals surface area contributed by atoms with Crippen LogP contribution in [0, 0.1) is 11.8 Å². The zero-order valence-electron chi connectivity index (χ0n) is 33.0. The van der Waals surface area contributed by atoms with E-state index in [1.54, 1.807) is 11.0 Å². The second-order valence-electron chi connectivity index (χ2n) is 15.1. The SMILES string of the molecule is CCN(CC)c1ccc(N2C/C=C\CCC(=O)N[C@@H](COC)[C@H](c3ccccc3)OC(=O)[C@H]3[C@@H]4O[C@@]5(C=C4Br)[C@@H]3C(=O)N([C@@H](CO)Cc3ccccc3)[C@@H]5C2=O)cc1. The molecule has 0 aliphatic carbocycles. The van der Waals surface area contributed by atoms with E-state index in [1.807, 2.05) is 97.1 Å². The van der Waals surface area contributed by atoms with Crippen molar-refractivity contribution in [3.05, 3.63) is 119 Å². The Labute approximate surface area is 347 Å². The largest absolute Gasteiger partial charge is 0.455 e. The van der Waals surface area contributed by atoms with Gasteiger partial charge in [0.15, 0.2) is 0 Å². The Morgan fingerprint density at radius 2 is 1.62 bits per heavy atom. The third-order valence-corrected chi connectivity index (χ3v) is 12.4. The molecule has 3 aromatic carbocycles. The summed E-state index contributed by atoms with van der Waals surface area (Å²) in [4.78, 5) is 64.3. The van der Waals surface area contributed by atoms with Gasteiger partial charge >= 0.3 is 5.97 Å². The number of amides is 3. The molecule has 3 amide bonds. The second-order valence-corrected chi connectivity index (χ2v) is 16.1. The lowest BCUT2D eigenvalue weighted by Gasteiger charge is -2.39. The van der Waals surface area contributed by atoms with E-state index in [2.05, 4.69) is 40.0 Å². The highest BCUT2D eigenvalue weighted by Gasteiger charge is 2.75. The first-order valence-corrected chi connectivity index (χ1v) is 20.8. The number of fused-ring (bicyclic) bond motifs is 2. The molecule has 0 unspecified atom stereocenters. The third-order valence-electron chi connectivity index (χ3n) is 11.8. The number of allylic oxidation sites excluding steroid dienone is 1. The maximum atomic E-state index is 15.6. The van der Waals surface area contributed by atoms with Gasteiger partial charge in [0.25, 0.3) is 5.91 Å². The molecule has 0 radical (unpaired) electrons. The highest BCUT2D eigenvalue weighted by atomic mass is 79.9. The number of cyclic esters (lactones) is 1. The number of ether oxygens (including phenoxy) is 3. The molecule has 0 aromatic heterocycles. The fourth-order valence-electron chi connectivity index (χ4n) is 9.04. The molecule has 13 heteroatoms. The van der Waals surface area contributed by atoms with Crippen molar-refractivity contribution < 1.29 is 38.5 Å². The van der Waals surface area contributed by atoms with Crippen LogP contribution in [0.4, 0.5) is 11.4 Å². The maximum Gasteiger partial charge on any atom is 0.313 e. The number of hydrogen-bond donors (Lipinski definition) is 2. The number of aliphatic hydroxyl groups excluding tert-OH is 1. The lowest BCUT2D eigenvalue weighted by atomic mass is 9.74. The van der Waals surface area contributed by atoms with Gasteiger partial charge in [-0.1, -0.05) is 88.7 Å². The van der Waals surface area contributed by atoms with Crippen molar-refractivity contribution in [2.75, 3.05) is 49.8 Å². The standard InChI is InChI=1S/C45H51BrN4O8/c1-4-48(5-2)31-20-22-32(23-21-31)49-24-14-8-13-19-36(52)47-35(28-56-3)39(30-17-11-7-12-18-30)57-44(55)37-38-42(53)50(33(27-51)25-29-15-9-6-10-16-29)41(43(49)54)45(38)26-34(46)40(37)58-45/h6-12,14-18,20-23,26,33,35,37-41,51H,4-5,13,19,24-25,27-28H2,1-3H3,(H,47,52)/b14-8-/t33-,35+,37-,38+,39+,40-,41-,45+/m1/s1. The summed E-state index contributed by atoms with van der Waals surface area (Å²) in [6.45, 7) is 5.50. The molecule has 0 saturated carbocycles. The van der Waals surface area contributed by atoms with E-state index in [0.717, 1.165) is 24.3 Å². The van der Waals surface area contributed by atoms with E-state index in [9.17, 15) is 14.7 Å². The van der Waals surface area contributed by atoms with Gasteiger partial charge in [-0.2, -0.15) is 0 Å². The summed E-state index contributed by atoms with van der Waals surface area (Å²) in [6, 6.07) is 23.4. The molecule has 1 spiro atoms. The molecule has 3 aromatic rings. The minimum absolute atomic E-state index is 0.0406. The average Bonchev–Trinajstić information content (AvgIpc) is 3.84.